The molecule has 0 atom stereocenters. The molecule has 0 fully saturated rings. The van der Waals surface area contributed by atoms with Crippen LogP contribution < -0.4 is 4.74 Å². The number of aromatic amines is 1. The third-order valence-electron chi connectivity index (χ3n) is 2.65. The minimum Gasteiger partial charge on any atom is -0.492 e. The van der Waals surface area contributed by atoms with E-state index >= 15 is 0 Å². The molecule has 2 aromatic rings. The monoisotopic (exact) mass is 359 g/mol. The predicted octanol–water partition coefficient (Wildman–Crippen LogP) is 1.87. The Morgan fingerprint density at radius 1 is 1.30 bits per heavy atom. The van der Waals surface area contributed by atoms with Gasteiger partial charge < -0.3 is 4.74 Å². The number of nitrogens with one attached hydrogen (secondary N) is 1. The molecule has 1 heterocycles. The van der Waals surface area contributed by atoms with Gasteiger partial charge in [-0.05, 0) is 30.3 Å². The maximum atomic E-state index is 12.1. The van der Waals surface area contributed by atoms with Crippen LogP contribution in [0.2, 0.25) is 0 Å². The van der Waals surface area contributed by atoms with Gasteiger partial charge in [-0.25, -0.2) is 8.42 Å². The molecule has 0 amide bonds. The zero-order valence-electron chi connectivity index (χ0n) is 10.8. The second-order valence-corrected chi connectivity index (χ2v) is 6.98. The topological polar surface area (TPSA) is 75.3 Å². The molecule has 2 rings (SSSR count). The third-order valence-corrected chi connectivity index (χ3v) is 4.97. The van der Waals surface area contributed by atoms with Gasteiger partial charge in [0.05, 0.1) is 6.20 Å². The van der Waals surface area contributed by atoms with E-state index < -0.39 is 10.0 Å². The molecule has 0 aliphatic carbocycles. The first-order valence-corrected chi connectivity index (χ1v) is 8.07. The number of benzene rings is 1. The fraction of sp³-hybridized carbons (Fsp3) is 0.250. The van der Waals surface area contributed by atoms with E-state index in [4.69, 9.17) is 4.74 Å². The van der Waals surface area contributed by atoms with Crippen molar-refractivity contribution in [1.82, 2.24) is 14.5 Å². The molecule has 0 aliphatic rings. The van der Waals surface area contributed by atoms with Crippen molar-refractivity contribution in [3.05, 3.63) is 41.0 Å². The molecule has 0 saturated carbocycles. The molecule has 6 nitrogen and oxygen atoms in total. The lowest BCUT2D eigenvalue weighted by molar-refractivity contribution is 0.286. The van der Waals surface area contributed by atoms with Crippen LogP contribution in [0.1, 0.15) is 0 Å². The van der Waals surface area contributed by atoms with Gasteiger partial charge in [-0.3, -0.25) is 5.10 Å². The fourth-order valence-corrected chi connectivity index (χ4v) is 2.81. The van der Waals surface area contributed by atoms with Crippen molar-refractivity contribution in [3.63, 3.8) is 0 Å². The predicted molar refractivity (Wildman–Crippen MR) is 78.0 cm³/mol. The van der Waals surface area contributed by atoms with E-state index in [1.54, 1.807) is 0 Å². The van der Waals surface area contributed by atoms with Crippen molar-refractivity contribution in [2.24, 2.45) is 0 Å². The van der Waals surface area contributed by atoms with Crippen LogP contribution in [0.25, 0.3) is 0 Å². The first-order valence-electron chi connectivity index (χ1n) is 5.84. The van der Waals surface area contributed by atoms with E-state index in [0.717, 1.165) is 4.47 Å². The molecule has 108 valence electrons. The van der Waals surface area contributed by atoms with Gasteiger partial charge in [-0.2, -0.15) is 9.40 Å². The normalized spacial score (nSPS) is 11.8. The molecule has 0 radical (unpaired) electrons. The summed E-state index contributed by atoms with van der Waals surface area (Å²) in [6.07, 6.45) is 1.40. The number of halogens is 1. The zero-order valence-corrected chi connectivity index (χ0v) is 13.2. The van der Waals surface area contributed by atoms with Gasteiger partial charge in [0, 0.05) is 18.1 Å². The number of H-pyrrole nitrogens is 1. The summed E-state index contributed by atoms with van der Waals surface area (Å²) in [7, 11) is -2.03. The number of rotatable bonds is 6. The standard InChI is InChI=1S/C12H14BrN3O3S/c1-16(20(17,18)12-6-7-14-15-12)8-9-19-11-4-2-10(13)3-5-11/h2-7H,8-9H2,1H3,(H,14,15). The minimum atomic E-state index is -3.53. The van der Waals surface area contributed by atoms with E-state index in [2.05, 4.69) is 26.1 Å². The fourth-order valence-electron chi connectivity index (χ4n) is 1.50. The second kappa shape index (κ2) is 6.38. The third kappa shape index (κ3) is 3.59. The van der Waals surface area contributed by atoms with Crippen molar-refractivity contribution >= 4 is 26.0 Å². The van der Waals surface area contributed by atoms with Crippen LogP contribution in [-0.2, 0) is 10.0 Å². The Bertz CT molecular complexity index is 641. The molecule has 20 heavy (non-hydrogen) atoms. The highest BCUT2D eigenvalue weighted by Crippen LogP contribution is 2.16. The van der Waals surface area contributed by atoms with E-state index in [0.29, 0.717) is 5.75 Å². The van der Waals surface area contributed by atoms with Crippen LogP contribution >= 0.6 is 15.9 Å². The summed E-state index contributed by atoms with van der Waals surface area (Å²) in [5, 5.41) is 6.16. The van der Waals surface area contributed by atoms with Crippen LogP contribution in [0.3, 0.4) is 0 Å². The van der Waals surface area contributed by atoms with Crippen molar-refractivity contribution in [3.8, 4) is 5.75 Å². The minimum absolute atomic E-state index is 0.0728. The largest absolute Gasteiger partial charge is 0.492 e. The van der Waals surface area contributed by atoms with E-state index in [1.807, 2.05) is 24.3 Å². The van der Waals surface area contributed by atoms with E-state index in [-0.39, 0.29) is 18.2 Å². The van der Waals surface area contributed by atoms with Crippen LogP contribution in [0.4, 0.5) is 0 Å². The molecular formula is C12H14BrN3O3S. The molecule has 1 aromatic heterocycles. The molecule has 0 bridgehead atoms. The molecule has 0 spiro atoms. The Morgan fingerprint density at radius 3 is 2.60 bits per heavy atom. The van der Waals surface area contributed by atoms with Gasteiger partial charge in [0.15, 0.2) is 5.03 Å². The maximum Gasteiger partial charge on any atom is 0.259 e. The number of hydrogen-bond acceptors (Lipinski definition) is 4. The summed E-state index contributed by atoms with van der Waals surface area (Å²) in [6.45, 7) is 0.517. The summed E-state index contributed by atoms with van der Waals surface area (Å²) in [5.41, 5.74) is 0. The Morgan fingerprint density at radius 2 is 2.00 bits per heavy atom. The number of nitrogens with zero attached hydrogens (tertiary/aromatic N) is 2. The summed E-state index contributed by atoms with van der Waals surface area (Å²) < 4.78 is 31.8. The highest BCUT2D eigenvalue weighted by molar-refractivity contribution is 9.10. The first-order chi connectivity index (χ1) is 9.50. The van der Waals surface area contributed by atoms with Crippen LogP contribution in [0, 0.1) is 0 Å². The lowest BCUT2D eigenvalue weighted by Crippen LogP contribution is -2.31. The number of likely N-dealkylation sites (N-methyl/N-ethyl adjacent to an activating group) is 1. The smallest absolute Gasteiger partial charge is 0.259 e. The summed E-state index contributed by atoms with van der Waals surface area (Å²) >= 11 is 3.33. The van der Waals surface area contributed by atoms with Crippen LogP contribution in [0.15, 0.2) is 46.0 Å². The zero-order chi connectivity index (χ0) is 14.6. The Kier molecular flexibility index (Phi) is 4.79. The van der Waals surface area contributed by atoms with Crippen molar-refractivity contribution in [2.45, 2.75) is 5.03 Å². The second-order valence-electron chi connectivity index (χ2n) is 4.05. The first kappa shape index (κ1) is 15.0. The lowest BCUT2D eigenvalue weighted by Gasteiger charge is -2.16. The quantitative estimate of drug-likeness (QED) is 0.854. The average molecular weight is 360 g/mol. The Hall–Kier alpha value is -1.38. The average Bonchev–Trinajstić information content (AvgIpc) is 2.95. The number of hydrogen-bond donors (Lipinski definition) is 1. The van der Waals surface area contributed by atoms with Gasteiger partial charge >= 0.3 is 0 Å². The molecule has 0 saturated heterocycles. The lowest BCUT2D eigenvalue weighted by atomic mass is 10.3. The molecule has 0 aliphatic heterocycles. The van der Waals surface area contributed by atoms with Crippen molar-refractivity contribution < 1.29 is 13.2 Å². The van der Waals surface area contributed by atoms with Crippen molar-refractivity contribution in [1.29, 1.82) is 0 Å². The van der Waals surface area contributed by atoms with E-state index in [9.17, 15) is 8.42 Å². The molecule has 1 aromatic carbocycles. The number of ether oxygens (including phenoxy) is 1. The highest BCUT2D eigenvalue weighted by Gasteiger charge is 2.21. The van der Waals surface area contributed by atoms with Crippen LogP contribution in [-0.4, -0.2) is 43.1 Å². The van der Waals surface area contributed by atoms with Crippen LogP contribution in [0.5, 0.6) is 5.75 Å². The van der Waals surface area contributed by atoms with E-state index in [1.165, 1.54) is 23.6 Å². The summed E-state index contributed by atoms with van der Waals surface area (Å²) in [5.74, 6) is 0.695. The Balaban J connectivity index is 1.89. The molecular weight excluding hydrogens is 346 g/mol. The van der Waals surface area contributed by atoms with Gasteiger partial charge in [-0.1, -0.05) is 15.9 Å². The van der Waals surface area contributed by atoms with Crippen molar-refractivity contribution in [2.75, 3.05) is 20.2 Å². The summed E-state index contributed by atoms with van der Waals surface area (Å²) in [6, 6.07) is 8.77. The maximum absolute atomic E-state index is 12.1. The van der Waals surface area contributed by atoms with Gasteiger partial charge in [0.1, 0.15) is 12.4 Å². The molecule has 0 unspecified atom stereocenters. The van der Waals surface area contributed by atoms with Gasteiger partial charge in [0.25, 0.3) is 10.0 Å². The SMILES string of the molecule is CN(CCOc1ccc(Br)cc1)S(=O)(=O)c1ccn[nH]1. The summed E-state index contributed by atoms with van der Waals surface area (Å²) in [4.78, 5) is 0. The number of sulfonamides is 1. The molecule has 8 heteroatoms. The Labute approximate surface area is 125 Å². The number of aromatic nitrogens is 2. The highest BCUT2D eigenvalue weighted by atomic mass is 79.9. The molecule has 1 N–H and O–H groups in total. The van der Waals surface area contributed by atoms with Gasteiger partial charge in [0.2, 0.25) is 0 Å². The van der Waals surface area contributed by atoms with Gasteiger partial charge in [-0.15, -0.1) is 0 Å².